The number of nitrogens with zero attached hydrogens (tertiary/aromatic N) is 1. The summed E-state index contributed by atoms with van der Waals surface area (Å²) < 4.78 is 11.2. The van der Waals surface area contributed by atoms with Crippen molar-refractivity contribution >= 4 is 5.91 Å². The Balaban J connectivity index is 1.89. The lowest BCUT2D eigenvalue weighted by atomic mass is 10.2. The molecule has 23 heavy (non-hydrogen) atoms. The van der Waals surface area contributed by atoms with E-state index in [-0.39, 0.29) is 5.91 Å². The molecule has 1 atom stereocenters. The van der Waals surface area contributed by atoms with E-state index in [0.29, 0.717) is 23.7 Å². The molecule has 0 saturated heterocycles. The number of benzene rings is 2. The number of hydrogen-bond donors (Lipinski definition) is 1. The van der Waals surface area contributed by atoms with Gasteiger partial charge in [0.1, 0.15) is 18.1 Å². The van der Waals surface area contributed by atoms with Crippen LogP contribution >= 0.6 is 0 Å². The highest BCUT2D eigenvalue weighted by molar-refractivity contribution is 5.80. The summed E-state index contributed by atoms with van der Waals surface area (Å²) in [5.41, 5.74) is 1.61. The Morgan fingerprint density at radius 3 is 2.30 bits per heavy atom. The van der Waals surface area contributed by atoms with Crippen LogP contribution in [0.15, 0.2) is 48.5 Å². The Bertz CT molecular complexity index is 688. The molecule has 0 heterocycles. The van der Waals surface area contributed by atoms with Crippen molar-refractivity contribution in [2.45, 2.75) is 19.6 Å². The Kier molecular flexibility index (Phi) is 5.59. The molecular weight excluding hydrogens is 292 g/mol. The molecule has 118 valence electrons. The van der Waals surface area contributed by atoms with Gasteiger partial charge in [-0.25, -0.2) is 0 Å². The number of rotatable bonds is 6. The van der Waals surface area contributed by atoms with Gasteiger partial charge in [0, 0.05) is 7.05 Å². The van der Waals surface area contributed by atoms with Crippen LogP contribution in [0.1, 0.15) is 18.1 Å². The van der Waals surface area contributed by atoms with E-state index in [4.69, 9.17) is 14.7 Å². The van der Waals surface area contributed by atoms with Crippen molar-refractivity contribution in [1.29, 1.82) is 5.26 Å². The highest BCUT2D eigenvalue weighted by Gasteiger charge is 2.12. The summed E-state index contributed by atoms with van der Waals surface area (Å²) in [5.74, 6) is 1.13. The van der Waals surface area contributed by atoms with Crippen LogP contribution in [0.2, 0.25) is 0 Å². The lowest BCUT2D eigenvalue weighted by Crippen LogP contribution is -2.33. The Labute approximate surface area is 135 Å². The Hall–Kier alpha value is -3.00. The van der Waals surface area contributed by atoms with E-state index in [0.717, 1.165) is 5.56 Å². The first-order valence-electron chi connectivity index (χ1n) is 7.22. The van der Waals surface area contributed by atoms with Gasteiger partial charge in [-0.05, 0) is 48.9 Å². The maximum atomic E-state index is 11.4. The van der Waals surface area contributed by atoms with Crippen molar-refractivity contribution in [3.05, 3.63) is 59.7 Å². The molecule has 0 aliphatic heterocycles. The number of hydrogen-bond acceptors (Lipinski definition) is 4. The second-order valence-corrected chi connectivity index (χ2v) is 4.94. The van der Waals surface area contributed by atoms with Gasteiger partial charge in [-0.1, -0.05) is 12.1 Å². The van der Waals surface area contributed by atoms with Gasteiger partial charge in [0.15, 0.2) is 6.10 Å². The third kappa shape index (κ3) is 4.75. The smallest absolute Gasteiger partial charge is 0.260 e. The quantitative estimate of drug-likeness (QED) is 0.890. The maximum Gasteiger partial charge on any atom is 0.260 e. The fourth-order valence-corrected chi connectivity index (χ4v) is 1.92. The number of nitrogens with one attached hydrogen (secondary N) is 1. The van der Waals surface area contributed by atoms with Gasteiger partial charge in [0.25, 0.3) is 5.91 Å². The van der Waals surface area contributed by atoms with Crippen LogP contribution in [0.4, 0.5) is 0 Å². The zero-order chi connectivity index (χ0) is 16.7. The van der Waals surface area contributed by atoms with Crippen LogP contribution in [0.5, 0.6) is 11.5 Å². The van der Waals surface area contributed by atoms with Gasteiger partial charge >= 0.3 is 0 Å². The van der Waals surface area contributed by atoms with Crippen molar-refractivity contribution in [1.82, 2.24) is 5.32 Å². The van der Waals surface area contributed by atoms with Crippen LogP contribution in [-0.4, -0.2) is 19.1 Å². The maximum absolute atomic E-state index is 11.4. The topological polar surface area (TPSA) is 71.3 Å². The monoisotopic (exact) mass is 310 g/mol. The van der Waals surface area contributed by atoms with E-state index in [1.165, 1.54) is 0 Å². The largest absolute Gasteiger partial charge is 0.489 e. The summed E-state index contributed by atoms with van der Waals surface area (Å²) in [4.78, 5) is 11.4. The first-order valence-corrected chi connectivity index (χ1v) is 7.22. The van der Waals surface area contributed by atoms with Crippen molar-refractivity contribution in [2.24, 2.45) is 0 Å². The number of likely N-dealkylation sites (N-methyl/N-ethyl adjacent to an activating group) is 1. The summed E-state index contributed by atoms with van der Waals surface area (Å²) in [6.45, 7) is 2.11. The third-order valence-electron chi connectivity index (χ3n) is 3.24. The normalized spacial score (nSPS) is 11.2. The molecule has 2 aromatic rings. The van der Waals surface area contributed by atoms with Crippen molar-refractivity contribution < 1.29 is 14.3 Å². The van der Waals surface area contributed by atoms with Crippen molar-refractivity contribution in [3.63, 3.8) is 0 Å². The standard InChI is InChI=1S/C18H18N2O3/c1-13(18(21)20-2)23-17-9-7-16(8-10-17)22-12-15-5-3-14(11-19)4-6-15/h3-10,13H,12H2,1-2H3,(H,20,21)/t13-/m0/s1. The summed E-state index contributed by atoms with van der Waals surface area (Å²) in [7, 11) is 1.57. The van der Waals surface area contributed by atoms with Gasteiger partial charge < -0.3 is 14.8 Å². The lowest BCUT2D eigenvalue weighted by molar-refractivity contribution is -0.126. The van der Waals surface area contributed by atoms with Crippen molar-refractivity contribution in [2.75, 3.05) is 7.05 Å². The second kappa shape index (κ2) is 7.85. The lowest BCUT2D eigenvalue weighted by Gasteiger charge is -2.13. The average Bonchev–Trinajstić information content (AvgIpc) is 2.60. The zero-order valence-corrected chi connectivity index (χ0v) is 13.1. The summed E-state index contributed by atoms with van der Waals surface area (Å²) in [6.07, 6.45) is -0.551. The number of ether oxygens (including phenoxy) is 2. The average molecular weight is 310 g/mol. The van der Waals surface area contributed by atoms with Gasteiger partial charge in [-0.3, -0.25) is 4.79 Å². The zero-order valence-electron chi connectivity index (χ0n) is 13.1. The molecule has 0 unspecified atom stereocenters. The molecular formula is C18H18N2O3. The molecule has 0 aromatic heterocycles. The molecule has 0 bridgehead atoms. The second-order valence-electron chi connectivity index (χ2n) is 4.94. The van der Waals surface area contributed by atoms with Gasteiger partial charge in [-0.2, -0.15) is 5.26 Å². The van der Waals surface area contributed by atoms with Crippen LogP contribution in [-0.2, 0) is 11.4 Å². The highest BCUT2D eigenvalue weighted by Crippen LogP contribution is 2.19. The first kappa shape index (κ1) is 16.4. The minimum atomic E-state index is -0.551. The number of carbonyl (C=O) groups excluding carboxylic acids is 1. The molecule has 0 saturated carbocycles. The molecule has 0 fully saturated rings. The predicted octanol–water partition coefficient (Wildman–Crippen LogP) is 2.65. The molecule has 0 aliphatic carbocycles. The minimum Gasteiger partial charge on any atom is -0.489 e. The van der Waals surface area contributed by atoms with Crippen LogP contribution < -0.4 is 14.8 Å². The first-order chi connectivity index (χ1) is 11.1. The Morgan fingerprint density at radius 1 is 1.13 bits per heavy atom. The van der Waals surface area contributed by atoms with Crippen LogP contribution in [0.3, 0.4) is 0 Å². The van der Waals surface area contributed by atoms with E-state index in [2.05, 4.69) is 11.4 Å². The summed E-state index contributed by atoms with van der Waals surface area (Å²) in [5, 5.41) is 11.3. The molecule has 5 heteroatoms. The minimum absolute atomic E-state index is 0.175. The summed E-state index contributed by atoms with van der Waals surface area (Å²) in [6, 6.07) is 16.4. The van der Waals surface area contributed by atoms with E-state index < -0.39 is 6.10 Å². The summed E-state index contributed by atoms with van der Waals surface area (Å²) >= 11 is 0. The molecule has 5 nitrogen and oxygen atoms in total. The molecule has 0 spiro atoms. The van der Waals surface area contributed by atoms with E-state index in [1.54, 1.807) is 50.4 Å². The molecule has 2 rings (SSSR count). The molecule has 1 N–H and O–H groups in total. The van der Waals surface area contributed by atoms with Crippen molar-refractivity contribution in [3.8, 4) is 17.6 Å². The van der Waals surface area contributed by atoms with E-state index in [1.807, 2.05) is 12.1 Å². The van der Waals surface area contributed by atoms with E-state index >= 15 is 0 Å². The number of nitriles is 1. The van der Waals surface area contributed by atoms with E-state index in [9.17, 15) is 4.79 Å². The van der Waals surface area contributed by atoms with Gasteiger partial charge in [0.2, 0.25) is 0 Å². The fourth-order valence-electron chi connectivity index (χ4n) is 1.92. The molecule has 0 radical (unpaired) electrons. The van der Waals surface area contributed by atoms with Crippen LogP contribution in [0.25, 0.3) is 0 Å². The van der Waals surface area contributed by atoms with Crippen LogP contribution in [0, 0.1) is 11.3 Å². The van der Waals surface area contributed by atoms with Gasteiger partial charge in [0.05, 0.1) is 11.6 Å². The molecule has 2 aromatic carbocycles. The predicted molar refractivity (Wildman–Crippen MR) is 86.1 cm³/mol. The Morgan fingerprint density at radius 2 is 1.74 bits per heavy atom. The number of amides is 1. The SMILES string of the molecule is CNC(=O)[C@H](C)Oc1ccc(OCc2ccc(C#N)cc2)cc1. The molecule has 0 aliphatic rings. The number of carbonyl (C=O) groups is 1. The highest BCUT2D eigenvalue weighted by atomic mass is 16.5. The van der Waals surface area contributed by atoms with Gasteiger partial charge in [-0.15, -0.1) is 0 Å². The molecule has 1 amide bonds. The fraction of sp³-hybridized carbons (Fsp3) is 0.222. The third-order valence-corrected chi connectivity index (χ3v) is 3.24.